The summed E-state index contributed by atoms with van der Waals surface area (Å²) < 4.78 is 12.9. The van der Waals surface area contributed by atoms with Crippen LogP contribution in [0.5, 0.6) is 0 Å². The first kappa shape index (κ1) is 9.97. The number of hydrogen-bond acceptors (Lipinski definition) is 2. The molecule has 0 saturated heterocycles. The minimum atomic E-state index is -0.231. The van der Waals surface area contributed by atoms with Crippen molar-refractivity contribution in [1.82, 2.24) is 0 Å². The van der Waals surface area contributed by atoms with Crippen LogP contribution in [0.1, 0.15) is 19.3 Å². The summed E-state index contributed by atoms with van der Waals surface area (Å²) in [4.78, 5) is 0. The molecule has 0 atom stereocenters. The maximum absolute atomic E-state index is 12.9. The highest BCUT2D eigenvalue weighted by molar-refractivity contribution is 5.43. The second-order valence-electron chi connectivity index (χ2n) is 4.20. The van der Waals surface area contributed by atoms with E-state index in [1.165, 1.54) is 12.1 Å². The summed E-state index contributed by atoms with van der Waals surface area (Å²) in [5.74, 6) is -0.231. The smallest absolute Gasteiger partial charge is 0.125 e. The fraction of sp³-hybridized carbons (Fsp3) is 0.417. The van der Waals surface area contributed by atoms with E-state index in [0.717, 1.165) is 25.1 Å². The Hall–Kier alpha value is -1.56. The van der Waals surface area contributed by atoms with Gasteiger partial charge >= 0.3 is 0 Å². The third-order valence-electron chi connectivity index (χ3n) is 2.90. The van der Waals surface area contributed by atoms with Gasteiger partial charge in [-0.15, -0.1) is 0 Å². The Kier molecular flexibility index (Phi) is 2.59. The van der Waals surface area contributed by atoms with Crippen molar-refractivity contribution < 1.29 is 4.39 Å². The average Bonchev–Trinajstić information content (AvgIpc) is 2.97. The lowest BCUT2D eigenvalue weighted by Crippen LogP contribution is -2.14. The van der Waals surface area contributed by atoms with Crippen molar-refractivity contribution in [3.05, 3.63) is 30.1 Å². The van der Waals surface area contributed by atoms with Crippen molar-refractivity contribution >= 4 is 5.69 Å². The highest BCUT2D eigenvalue weighted by atomic mass is 19.1. The molecule has 0 spiro atoms. The van der Waals surface area contributed by atoms with Crippen LogP contribution in [0.25, 0.3) is 0 Å². The van der Waals surface area contributed by atoms with Gasteiger partial charge in [0.15, 0.2) is 0 Å². The minimum absolute atomic E-state index is 0.154. The Morgan fingerprint density at radius 1 is 1.47 bits per heavy atom. The van der Waals surface area contributed by atoms with Crippen LogP contribution >= 0.6 is 0 Å². The maximum atomic E-state index is 12.9. The van der Waals surface area contributed by atoms with Gasteiger partial charge in [0.2, 0.25) is 0 Å². The molecule has 1 fully saturated rings. The second kappa shape index (κ2) is 3.90. The Balaban J connectivity index is 1.91. The molecule has 78 valence electrons. The van der Waals surface area contributed by atoms with Gasteiger partial charge in [-0.25, -0.2) is 4.39 Å². The zero-order valence-electron chi connectivity index (χ0n) is 8.46. The summed E-state index contributed by atoms with van der Waals surface area (Å²) >= 11 is 0. The molecule has 3 heteroatoms. The fourth-order valence-corrected chi connectivity index (χ4v) is 1.65. The topological polar surface area (TPSA) is 35.8 Å². The van der Waals surface area contributed by atoms with E-state index in [1.54, 1.807) is 6.07 Å². The molecule has 1 N–H and O–H groups in total. The normalized spacial score (nSPS) is 16.8. The van der Waals surface area contributed by atoms with Gasteiger partial charge in [0.25, 0.3) is 0 Å². The first-order valence-corrected chi connectivity index (χ1v) is 5.11. The van der Waals surface area contributed by atoms with Gasteiger partial charge in [-0.1, -0.05) is 6.07 Å². The molecule has 1 aliphatic rings. The van der Waals surface area contributed by atoms with Crippen LogP contribution in [0.2, 0.25) is 0 Å². The molecule has 0 aromatic heterocycles. The zero-order chi connectivity index (χ0) is 10.7. The van der Waals surface area contributed by atoms with E-state index < -0.39 is 0 Å². The van der Waals surface area contributed by atoms with E-state index in [4.69, 9.17) is 5.26 Å². The van der Waals surface area contributed by atoms with Gasteiger partial charge in [-0.05, 0) is 31.0 Å². The highest BCUT2D eigenvalue weighted by Gasteiger charge is 2.42. The Labute approximate surface area is 88.7 Å². The van der Waals surface area contributed by atoms with Crippen LogP contribution in [-0.4, -0.2) is 6.54 Å². The SMILES string of the molecule is N#CCC1(CNc2cccc(F)c2)CC1. The number of nitrogens with zero attached hydrogens (tertiary/aromatic N) is 1. The van der Waals surface area contributed by atoms with Gasteiger partial charge in [0, 0.05) is 24.1 Å². The van der Waals surface area contributed by atoms with E-state index >= 15 is 0 Å². The van der Waals surface area contributed by atoms with Crippen LogP contribution in [0.4, 0.5) is 10.1 Å². The molecule has 1 aromatic rings. The van der Waals surface area contributed by atoms with E-state index in [9.17, 15) is 4.39 Å². The predicted octanol–water partition coefficient (Wildman–Crippen LogP) is 2.93. The van der Waals surface area contributed by atoms with Crippen LogP contribution in [-0.2, 0) is 0 Å². The molecule has 2 rings (SSSR count). The van der Waals surface area contributed by atoms with Gasteiger partial charge in [0.1, 0.15) is 5.82 Å². The largest absolute Gasteiger partial charge is 0.384 e. The summed E-state index contributed by atoms with van der Waals surface area (Å²) in [6.45, 7) is 0.768. The van der Waals surface area contributed by atoms with Gasteiger partial charge in [0.05, 0.1) is 6.07 Å². The summed E-state index contributed by atoms with van der Waals surface area (Å²) in [6.07, 6.45) is 2.79. The molecule has 0 aliphatic heterocycles. The summed E-state index contributed by atoms with van der Waals surface area (Å²) in [5.41, 5.74) is 0.945. The number of nitriles is 1. The molecule has 1 aliphatic carbocycles. The van der Waals surface area contributed by atoms with Gasteiger partial charge in [-0.3, -0.25) is 0 Å². The van der Waals surface area contributed by atoms with Crippen molar-refractivity contribution in [2.75, 3.05) is 11.9 Å². The van der Waals surface area contributed by atoms with Crippen molar-refractivity contribution in [2.45, 2.75) is 19.3 Å². The van der Waals surface area contributed by atoms with Crippen LogP contribution in [0.15, 0.2) is 24.3 Å². The van der Waals surface area contributed by atoms with Crippen molar-refractivity contribution in [2.24, 2.45) is 5.41 Å². The van der Waals surface area contributed by atoms with Gasteiger partial charge < -0.3 is 5.32 Å². The van der Waals surface area contributed by atoms with E-state index in [0.29, 0.717) is 6.42 Å². The average molecular weight is 204 g/mol. The van der Waals surface area contributed by atoms with E-state index in [1.807, 2.05) is 6.07 Å². The summed E-state index contributed by atoms with van der Waals surface area (Å²) in [5, 5.41) is 11.8. The highest BCUT2D eigenvalue weighted by Crippen LogP contribution is 2.48. The monoisotopic (exact) mass is 204 g/mol. The molecule has 1 aromatic carbocycles. The lowest BCUT2D eigenvalue weighted by Gasteiger charge is -2.13. The lowest BCUT2D eigenvalue weighted by molar-refractivity contribution is 0.557. The molecular formula is C12H13FN2. The van der Waals surface area contributed by atoms with E-state index in [-0.39, 0.29) is 11.2 Å². The summed E-state index contributed by atoms with van der Waals surface area (Å²) in [7, 11) is 0. The molecule has 0 amide bonds. The number of halogens is 1. The third kappa shape index (κ3) is 2.47. The fourth-order valence-electron chi connectivity index (χ4n) is 1.65. The van der Waals surface area contributed by atoms with Crippen molar-refractivity contribution in [1.29, 1.82) is 5.26 Å². The van der Waals surface area contributed by atoms with Gasteiger partial charge in [-0.2, -0.15) is 5.26 Å². The predicted molar refractivity (Wildman–Crippen MR) is 56.8 cm³/mol. The maximum Gasteiger partial charge on any atom is 0.125 e. The molecule has 2 nitrogen and oxygen atoms in total. The number of anilines is 1. The number of rotatable bonds is 4. The molecule has 15 heavy (non-hydrogen) atoms. The standard InChI is InChI=1S/C12H13FN2/c13-10-2-1-3-11(8-10)15-9-12(4-5-12)6-7-14/h1-3,8,15H,4-6,9H2. The number of hydrogen-bond donors (Lipinski definition) is 1. The van der Waals surface area contributed by atoms with Crippen LogP contribution in [0, 0.1) is 22.6 Å². The molecule has 0 heterocycles. The van der Waals surface area contributed by atoms with Crippen molar-refractivity contribution in [3.8, 4) is 6.07 Å². The first-order valence-electron chi connectivity index (χ1n) is 5.11. The molecule has 0 unspecified atom stereocenters. The minimum Gasteiger partial charge on any atom is -0.384 e. The zero-order valence-corrected chi connectivity index (χ0v) is 8.46. The Morgan fingerprint density at radius 3 is 2.87 bits per heavy atom. The second-order valence-corrected chi connectivity index (χ2v) is 4.20. The quantitative estimate of drug-likeness (QED) is 0.818. The van der Waals surface area contributed by atoms with E-state index in [2.05, 4.69) is 11.4 Å². The molecular weight excluding hydrogens is 191 g/mol. The molecule has 0 radical (unpaired) electrons. The van der Waals surface area contributed by atoms with Crippen molar-refractivity contribution in [3.63, 3.8) is 0 Å². The summed E-state index contributed by atoms with van der Waals surface area (Å²) in [6, 6.07) is 8.62. The number of nitrogens with one attached hydrogen (secondary N) is 1. The molecule has 0 bridgehead atoms. The van der Waals surface area contributed by atoms with Crippen LogP contribution in [0.3, 0.4) is 0 Å². The third-order valence-corrected chi connectivity index (χ3v) is 2.90. The Morgan fingerprint density at radius 2 is 2.27 bits per heavy atom. The number of benzene rings is 1. The first-order chi connectivity index (χ1) is 7.24. The molecule has 1 saturated carbocycles. The van der Waals surface area contributed by atoms with Crippen LogP contribution < -0.4 is 5.32 Å². The Bertz CT molecular complexity index is 391. The lowest BCUT2D eigenvalue weighted by atomic mass is 10.0.